The molecule has 4 N–H and O–H groups in total. The average molecular weight is 165 g/mol. The molecule has 0 aromatic carbocycles. The Bertz CT molecular complexity index is 284. The lowest BCUT2D eigenvalue weighted by molar-refractivity contribution is 0.885. The number of rotatable bonds is 0. The Morgan fingerprint density at radius 3 is 2.50 bits per heavy atom. The number of hydrogen-bond acceptors (Lipinski definition) is 3. The standard InChI is InChI=1S/C9H15N3/c1-5-4-12-9(11)7(3)6(2)8(5)10/h4,7H,10H2,1-3H3,(H2,11,12). The molecule has 12 heavy (non-hydrogen) atoms. The van der Waals surface area contributed by atoms with Gasteiger partial charge in [-0.2, -0.15) is 0 Å². The Kier molecular flexibility index (Phi) is 2.22. The van der Waals surface area contributed by atoms with E-state index in [2.05, 4.69) is 4.99 Å². The molecule has 0 fully saturated rings. The maximum atomic E-state index is 5.86. The first-order valence-corrected chi connectivity index (χ1v) is 4.00. The van der Waals surface area contributed by atoms with Crippen molar-refractivity contribution >= 4 is 5.84 Å². The predicted molar refractivity (Wildman–Crippen MR) is 51.4 cm³/mol. The van der Waals surface area contributed by atoms with Gasteiger partial charge in [0, 0.05) is 17.8 Å². The van der Waals surface area contributed by atoms with Crippen molar-refractivity contribution in [1.29, 1.82) is 0 Å². The Morgan fingerprint density at radius 1 is 1.33 bits per heavy atom. The minimum atomic E-state index is 0.152. The summed E-state index contributed by atoms with van der Waals surface area (Å²) in [5.41, 5.74) is 14.5. The fourth-order valence-electron chi connectivity index (χ4n) is 1.12. The summed E-state index contributed by atoms with van der Waals surface area (Å²) < 4.78 is 0. The van der Waals surface area contributed by atoms with Crippen molar-refractivity contribution < 1.29 is 0 Å². The fourth-order valence-corrected chi connectivity index (χ4v) is 1.12. The molecule has 0 aromatic rings. The van der Waals surface area contributed by atoms with Gasteiger partial charge in [-0.05, 0) is 25.0 Å². The lowest BCUT2D eigenvalue weighted by Gasteiger charge is -2.11. The van der Waals surface area contributed by atoms with E-state index in [0.717, 1.165) is 16.8 Å². The summed E-state index contributed by atoms with van der Waals surface area (Å²) in [6.07, 6.45) is 1.72. The van der Waals surface area contributed by atoms with Crippen LogP contribution in [0.15, 0.2) is 28.0 Å². The summed E-state index contributed by atoms with van der Waals surface area (Å²) in [6.45, 7) is 5.94. The van der Waals surface area contributed by atoms with Gasteiger partial charge in [-0.3, -0.25) is 0 Å². The molecule has 1 atom stereocenters. The quantitative estimate of drug-likeness (QED) is 0.565. The van der Waals surface area contributed by atoms with E-state index in [4.69, 9.17) is 11.5 Å². The van der Waals surface area contributed by atoms with Crippen LogP contribution in [0.3, 0.4) is 0 Å². The van der Waals surface area contributed by atoms with E-state index in [-0.39, 0.29) is 5.92 Å². The van der Waals surface area contributed by atoms with Gasteiger partial charge >= 0.3 is 0 Å². The smallest absolute Gasteiger partial charge is 0.106 e. The molecule has 0 saturated heterocycles. The van der Waals surface area contributed by atoms with Crippen molar-refractivity contribution in [3.8, 4) is 0 Å². The van der Waals surface area contributed by atoms with E-state index in [1.54, 1.807) is 6.20 Å². The van der Waals surface area contributed by atoms with Gasteiger partial charge in [0.1, 0.15) is 5.84 Å². The molecule has 1 unspecified atom stereocenters. The van der Waals surface area contributed by atoms with Crippen LogP contribution < -0.4 is 11.5 Å². The second-order valence-electron chi connectivity index (χ2n) is 3.18. The van der Waals surface area contributed by atoms with Crippen molar-refractivity contribution in [1.82, 2.24) is 0 Å². The lowest BCUT2D eigenvalue weighted by atomic mass is 9.98. The van der Waals surface area contributed by atoms with Crippen molar-refractivity contribution in [2.24, 2.45) is 22.4 Å². The highest BCUT2D eigenvalue weighted by Gasteiger charge is 2.14. The second-order valence-corrected chi connectivity index (χ2v) is 3.18. The number of aliphatic imine (C=N–C) groups is 1. The molecule has 0 radical (unpaired) electrons. The van der Waals surface area contributed by atoms with E-state index in [0.29, 0.717) is 5.84 Å². The molecular formula is C9H15N3. The zero-order valence-electron chi connectivity index (χ0n) is 7.76. The molecule has 1 aliphatic heterocycles. The van der Waals surface area contributed by atoms with Crippen molar-refractivity contribution in [3.05, 3.63) is 23.0 Å². The summed E-state index contributed by atoms with van der Waals surface area (Å²) in [4.78, 5) is 4.10. The van der Waals surface area contributed by atoms with Gasteiger partial charge in [-0.25, -0.2) is 4.99 Å². The second kappa shape index (κ2) is 3.01. The molecule has 1 aliphatic rings. The minimum Gasteiger partial charge on any atom is -0.398 e. The summed E-state index contributed by atoms with van der Waals surface area (Å²) in [5, 5.41) is 0. The first-order valence-electron chi connectivity index (χ1n) is 4.00. The van der Waals surface area contributed by atoms with Crippen LogP contribution in [0, 0.1) is 5.92 Å². The molecule has 1 heterocycles. The average Bonchev–Trinajstić information content (AvgIpc) is 2.14. The van der Waals surface area contributed by atoms with E-state index in [1.165, 1.54) is 0 Å². The van der Waals surface area contributed by atoms with Crippen LogP contribution in [-0.2, 0) is 0 Å². The van der Waals surface area contributed by atoms with Gasteiger partial charge < -0.3 is 11.5 Å². The molecular weight excluding hydrogens is 150 g/mol. The van der Waals surface area contributed by atoms with Crippen molar-refractivity contribution in [2.75, 3.05) is 0 Å². The normalized spacial score (nSPS) is 24.8. The molecule has 0 spiro atoms. The molecule has 1 rings (SSSR count). The van der Waals surface area contributed by atoms with Gasteiger partial charge in [0.25, 0.3) is 0 Å². The molecule has 0 saturated carbocycles. The Hall–Kier alpha value is -1.25. The van der Waals surface area contributed by atoms with Crippen LogP contribution in [0.5, 0.6) is 0 Å². The Morgan fingerprint density at radius 2 is 1.92 bits per heavy atom. The Labute approximate surface area is 72.8 Å². The van der Waals surface area contributed by atoms with E-state index in [1.807, 2.05) is 20.8 Å². The third-order valence-electron chi connectivity index (χ3n) is 2.35. The molecule has 3 nitrogen and oxygen atoms in total. The highest BCUT2D eigenvalue weighted by atomic mass is 14.9. The first-order chi connectivity index (χ1) is 5.54. The van der Waals surface area contributed by atoms with Crippen LogP contribution in [0.2, 0.25) is 0 Å². The zero-order valence-corrected chi connectivity index (χ0v) is 7.76. The molecule has 66 valence electrons. The maximum Gasteiger partial charge on any atom is 0.106 e. The highest BCUT2D eigenvalue weighted by molar-refractivity contribution is 5.86. The summed E-state index contributed by atoms with van der Waals surface area (Å²) >= 11 is 0. The largest absolute Gasteiger partial charge is 0.398 e. The van der Waals surface area contributed by atoms with Crippen LogP contribution in [-0.4, -0.2) is 5.84 Å². The number of amidine groups is 1. The van der Waals surface area contributed by atoms with Crippen LogP contribution in [0.25, 0.3) is 0 Å². The molecule has 3 heteroatoms. The lowest BCUT2D eigenvalue weighted by Crippen LogP contribution is -2.22. The molecule has 0 aliphatic carbocycles. The van der Waals surface area contributed by atoms with Crippen molar-refractivity contribution in [3.63, 3.8) is 0 Å². The first kappa shape index (κ1) is 8.84. The Balaban J connectivity index is 3.18. The molecule has 0 bridgehead atoms. The summed E-state index contributed by atoms with van der Waals surface area (Å²) in [5.74, 6) is 0.783. The summed E-state index contributed by atoms with van der Waals surface area (Å²) in [6, 6.07) is 0. The van der Waals surface area contributed by atoms with Crippen LogP contribution in [0.1, 0.15) is 20.8 Å². The topological polar surface area (TPSA) is 64.4 Å². The van der Waals surface area contributed by atoms with Gasteiger partial charge in [0.05, 0.1) is 0 Å². The number of hydrogen-bond donors (Lipinski definition) is 2. The number of nitrogens with zero attached hydrogens (tertiary/aromatic N) is 1. The van der Waals surface area contributed by atoms with Crippen LogP contribution >= 0.6 is 0 Å². The van der Waals surface area contributed by atoms with E-state index < -0.39 is 0 Å². The van der Waals surface area contributed by atoms with Gasteiger partial charge in [-0.1, -0.05) is 6.92 Å². The van der Waals surface area contributed by atoms with E-state index >= 15 is 0 Å². The molecule has 0 amide bonds. The van der Waals surface area contributed by atoms with E-state index in [9.17, 15) is 0 Å². The fraction of sp³-hybridized carbons (Fsp3) is 0.444. The minimum absolute atomic E-state index is 0.152. The third kappa shape index (κ3) is 1.35. The zero-order chi connectivity index (χ0) is 9.30. The van der Waals surface area contributed by atoms with Crippen molar-refractivity contribution in [2.45, 2.75) is 20.8 Å². The molecule has 0 aromatic heterocycles. The van der Waals surface area contributed by atoms with Gasteiger partial charge in [-0.15, -0.1) is 0 Å². The SMILES string of the molecule is CC1=CN=C(N)C(C)C(C)=C1N. The number of allylic oxidation sites excluding steroid dienone is 1. The number of nitrogens with two attached hydrogens (primary N) is 2. The highest BCUT2D eigenvalue weighted by Crippen LogP contribution is 2.20. The summed E-state index contributed by atoms with van der Waals surface area (Å²) in [7, 11) is 0. The predicted octanol–water partition coefficient (Wildman–Crippen LogP) is 1.13. The van der Waals surface area contributed by atoms with Gasteiger partial charge in [0.2, 0.25) is 0 Å². The van der Waals surface area contributed by atoms with Gasteiger partial charge in [0.15, 0.2) is 0 Å². The van der Waals surface area contributed by atoms with Crippen LogP contribution in [0.4, 0.5) is 0 Å². The third-order valence-corrected chi connectivity index (χ3v) is 2.35. The monoisotopic (exact) mass is 165 g/mol. The maximum absolute atomic E-state index is 5.86.